The Bertz CT molecular complexity index is 538. The fourth-order valence-electron chi connectivity index (χ4n) is 2.68. The van der Waals surface area contributed by atoms with Gasteiger partial charge in [0.2, 0.25) is 0 Å². The van der Waals surface area contributed by atoms with Gasteiger partial charge < -0.3 is 15.7 Å². The summed E-state index contributed by atoms with van der Waals surface area (Å²) in [5, 5.41) is 15.0. The number of aliphatic hydroxyl groups is 1. The van der Waals surface area contributed by atoms with Crippen LogP contribution in [0.4, 0.5) is 10.5 Å². The highest BCUT2D eigenvalue weighted by molar-refractivity contribution is 5.91. The lowest BCUT2D eigenvalue weighted by Crippen LogP contribution is -2.36. The summed E-state index contributed by atoms with van der Waals surface area (Å²) in [6, 6.07) is 5.86. The Labute approximate surface area is 126 Å². The van der Waals surface area contributed by atoms with Gasteiger partial charge in [-0.25, -0.2) is 4.79 Å². The second-order valence-corrected chi connectivity index (χ2v) is 5.96. The van der Waals surface area contributed by atoms with E-state index in [-0.39, 0.29) is 24.6 Å². The molecule has 0 saturated heterocycles. The molecule has 21 heavy (non-hydrogen) atoms. The molecule has 0 spiro atoms. The van der Waals surface area contributed by atoms with Crippen molar-refractivity contribution in [2.24, 2.45) is 5.92 Å². The molecule has 1 aliphatic carbocycles. The van der Waals surface area contributed by atoms with Crippen LogP contribution >= 0.6 is 0 Å². The van der Waals surface area contributed by atoms with Crippen molar-refractivity contribution in [3.8, 4) is 0 Å². The van der Waals surface area contributed by atoms with Crippen molar-refractivity contribution >= 4 is 11.7 Å². The maximum atomic E-state index is 12.2. The van der Waals surface area contributed by atoms with Gasteiger partial charge in [-0.3, -0.25) is 0 Å². The van der Waals surface area contributed by atoms with Crippen molar-refractivity contribution < 1.29 is 9.90 Å². The Morgan fingerprint density at radius 2 is 2.14 bits per heavy atom. The fraction of sp³-hybridized carbons (Fsp3) is 0.471. The summed E-state index contributed by atoms with van der Waals surface area (Å²) in [6.45, 7) is 6.36. The van der Waals surface area contributed by atoms with Crippen LogP contribution in [0.25, 0.3) is 0 Å². The number of carbonyl (C=O) groups excluding carboxylic acids is 1. The smallest absolute Gasteiger partial charge is 0.319 e. The predicted octanol–water partition coefficient (Wildman–Crippen LogP) is 3.18. The highest BCUT2D eigenvalue weighted by Crippen LogP contribution is 2.27. The minimum atomic E-state index is -0.195. The molecular weight excluding hydrogens is 264 g/mol. The average molecular weight is 288 g/mol. The molecule has 0 aromatic heterocycles. The van der Waals surface area contributed by atoms with E-state index in [2.05, 4.69) is 24.5 Å². The molecule has 0 saturated carbocycles. The molecule has 3 N–H and O–H groups in total. The molecule has 2 rings (SSSR count). The summed E-state index contributed by atoms with van der Waals surface area (Å²) in [4.78, 5) is 12.2. The van der Waals surface area contributed by atoms with E-state index in [0.29, 0.717) is 5.92 Å². The zero-order valence-corrected chi connectivity index (χ0v) is 12.9. The number of rotatable bonds is 4. The standard InChI is InChI=1S/C17H24N2O2/c1-11(2)15-6-4-5-12(3)16(15)19-17(21)18-14-8-7-13(9-14)10-20/h4-8,11,13-14,20H,9-10H2,1-3H3,(H2,18,19,21)/t13-,14+/m0/s1. The van der Waals surface area contributed by atoms with Gasteiger partial charge in [0.15, 0.2) is 0 Å². The first kappa shape index (κ1) is 15.6. The third-order valence-corrected chi connectivity index (χ3v) is 3.89. The van der Waals surface area contributed by atoms with Crippen LogP contribution in [0.15, 0.2) is 30.4 Å². The minimum absolute atomic E-state index is 0.00586. The maximum Gasteiger partial charge on any atom is 0.319 e. The third-order valence-electron chi connectivity index (χ3n) is 3.89. The van der Waals surface area contributed by atoms with Crippen molar-refractivity contribution in [1.82, 2.24) is 5.32 Å². The van der Waals surface area contributed by atoms with Crippen LogP contribution in [0.3, 0.4) is 0 Å². The molecule has 0 unspecified atom stereocenters. The van der Waals surface area contributed by atoms with Crippen LogP contribution in [-0.4, -0.2) is 23.8 Å². The van der Waals surface area contributed by atoms with Gasteiger partial charge in [0.1, 0.15) is 0 Å². The second kappa shape index (κ2) is 6.76. The Hall–Kier alpha value is -1.81. The monoisotopic (exact) mass is 288 g/mol. The average Bonchev–Trinajstić information content (AvgIpc) is 2.88. The van der Waals surface area contributed by atoms with Crippen molar-refractivity contribution in [2.75, 3.05) is 11.9 Å². The van der Waals surface area contributed by atoms with E-state index in [1.165, 1.54) is 0 Å². The normalized spacial score (nSPS) is 20.8. The van der Waals surface area contributed by atoms with Gasteiger partial charge in [0.25, 0.3) is 0 Å². The Morgan fingerprint density at radius 3 is 2.76 bits per heavy atom. The van der Waals surface area contributed by atoms with Crippen LogP contribution in [-0.2, 0) is 0 Å². The Kier molecular flexibility index (Phi) is 5.02. The molecule has 0 aliphatic heterocycles. The van der Waals surface area contributed by atoms with Crippen molar-refractivity contribution in [1.29, 1.82) is 0 Å². The number of carbonyl (C=O) groups is 1. The van der Waals surface area contributed by atoms with Crippen molar-refractivity contribution in [2.45, 2.75) is 39.2 Å². The Balaban J connectivity index is 2.02. The number of hydrogen-bond donors (Lipinski definition) is 3. The van der Waals surface area contributed by atoms with Gasteiger partial charge in [-0.2, -0.15) is 0 Å². The number of benzene rings is 1. The lowest BCUT2D eigenvalue weighted by atomic mass is 9.98. The minimum Gasteiger partial charge on any atom is -0.396 e. The third kappa shape index (κ3) is 3.85. The summed E-state index contributed by atoms with van der Waals surface area (Å²) < 4.78 is 0. The van der Waals surface area contributed by atoms with E-state index in [0.717, 1.165) is 23.2 Å². The number of aryl methyl sites for hydroxylation is 1. The van der Waals surface area contributed by atoms with Crippen LogP contribution in [0.5, 0.6) is 0 Å². The van der Waals surface area contributed by atoms with Crippen LogP contribution in [0, 0.1) is 12.8 Å². The quantitative estimate of drug-likeness (QED) is 0.745. The van der Waals surface area contributed by atoms with Crippen molar-refractivity contribution in [3.05, 3.63) is 41.5 Å². The largest absolute Gasteiger partial charge is 0.396 e. The van der Waals surface area contributed by atoms with E-state index in [4.69, 9.17) is 5.11 Å². The molecule has 1 aliphatic rings. The summed E-state index contributed by atoms with van der Waals surface area (Å²) in [6.07, 6.45) is 4.66. The van der Waals surface area contributed by atoms with Gasteiger partial charge in [-0.15, -0.1) is 0 Å². The summed E-state index contributed by atoms with van der Waals surface area (Å²) in [5.41, 5.74) is 3.09. The second-order valence-electron chi connectivity index (χ2n) is 5.96. The zero-order chi connectivity index (χ0) is 15.4. The van der Waals surface area contributed by atoms with E-state index >= 15 is 0 Å². The molecule has 1 aromatic rings. The predicted molar refractivity (Wildman–Crippen MR) is 85.5 cm³/mol. The molecule has 2 amide bonds. The van der Waals surface area contributed by atoms with E-state index in [1.54, 1.807) is 0 Å². The van der Waals surface area contributed by atoms with E-state index < -0.39 is 0 Å². The first-order valence-electron chi connectivity index (χ1n) is 7.47. The lowest BCUT2D eigenvalue weighted by Gasteiger charge is -2.18. The first-order chi connectivity index (χ1) is 10.0. The van der Waals surface area contributed by atoms with Gasteiger partial charge in [0.05, 0.1) is 0 Å². The summed E-state index contributed by atoms with van der Waals surface area (Å²) in [7, 11) is 0. The maximum absolute atomic E-state index is 12.2. The van der Waals surface area contributed by atoms with Crippen LogP contribution in [0.2, 0.25) is 0 Å². The molecule has 1 aromatic carbocycles. The zero-order valence-electron chi connectivity index (χ0n) is 12.9. The van der Waals surface area contributed by atoms with Gasteiger partial charge in [0, 0.05) is 24.3 Å². The van der Waals surface area contributed by atoms with Crippen LogP contribution < -0.4 is 10.6 Å². The Morgan fingerprint density at radius 1 is 1.38 bits per heavy atom. The first-order valence-corrected chi connectivity index (χ1v) is 7.47. The number of anilines is 1. The number of nitrogens with one attached hydrogen (secondary N) is 2. The number of aliphatic hydroxyl groups excluding tert-OH is 1. The van der Waals surface area contributed by atoms with Gasteiger partial charge >= 0.3 is 6.03 Å². The molecular formula is C17H24N2O2. The number of urea groups is 1. The topological polar surface area (TPSA) is 61.4 Å². The van der Waals surface area contributed by atoms with Crippen LogP contribution in [0.1, 0.15) is 37.3 Å². The summed E-state index contributed by atoms with van der Waals surface area (Å²) >= 11 is 0. The highest BCUT2D eigenvalue weighted by Gasteiger charge is 2.20. The molecule has 4 heteroatoms. The van der Waals surface area contributed by atoms with Gasteiger partial charge in [-0.1, -0.05) is 44.2 Å². The molecule has 0 bridgehead atoms. The molecule has 114 valence electrons. The summed E-state index contributed by atoms with van der Waals surface area (Å²) in [5.74, 6) is 0.505. The molecule has 2 atom stereocenters. The number of amides is 2. The highest BCUT2D eigenvalue weighted by atomic mass is 16.3. The van der Waals surface area contributed by atoms with E-state index in [9.17, 15) is 4.79 Å². The molecule has 0 fully saturated rings. The SMILES string of the molecule is Cc1cccc(C(C)C)c1NC(=O)N[C@@H]1C=C[C@H](CO)C1. The number of hydrogen-bond acceptors (Lipinski definition) is 2. The lowest BCUT2D eigenvalue weighted by molar-refractivity contribution is 0.238. The molecule has 0 radical (unpaired) electrons. The molecule has 4 nitrogen and oxygen atoms in total. The van der Waals surface area contributed by atoms with E-state index in [1.807, 2.05) is 37.3 Å². The van der Waals surface area contributed by atoms with Gasteiger partial charge in [-0.05, 0) is 30.4 Å². The molecule has 0 heterocycles. The fourth-order valence-corrected chi connectivity index (χ4v) is 2.68. The number of para-hydroxylation sites is 1. The van der Waals surface area contributed by atoms with Crippen molar-refractivity contribution in [3.63, 3.8) is 0 Å².